The fourth-order valence-corrected chi connectivity index (χ4v) is 14.9. The van der Waals surface area contributed by atoms with Gasteiger partial charge in [-0.15, -0.1) is 0 Å². The van der Waals surface area contributed by atoms with Gasteiger partial charge in [0.2, 0.25) is 26.5 Å². The fraction of sp³-hybridized carbons (Fsp3) is 0.649. The Bertz CT molecular complexity index is 2760. The first kappa shape index (κ1) is 62.5. The Morgan fingerprint density at radius 3 is 1.42 bits per heavy atom. The second-order valence-electron chi connectivity index (χ2n) is 22.2. The zero-order valence-corrected chi connectivity index (χ0v) is 47.5. The molecule has 4 heterocycles. The van der Waals surface area contributed by atoms with Crippen LogP contribution in [0.2, 0.25) is 0 Å². The zero-order valence-electron chi connectivity index (χ0n) is 45.9. The lowest BCUT2D eigenvalue weighted by atomic mass is 9.79. The molecule has 2 aromatic rings. The summed E-state index contributed by atoms with van der Waals surface area (Å²) in [5, 5.41) is 12.9. The summed E-state index contributed by atoms with van der Waals surface area (Å²) in [5.74, 6) is 1.87. The first-order valence-corrected chi connectivity index (χ1v) is 30.8. The number of sulfonamides is 2. The molecule has 4 aliphatic heterocycles. The number of ketones is 2. The number of halogens is 4. The van der Waals surface area contributed by atoms with E-state index in [1.54, 1.807) is 19.9 Å². The Hall–Kier alpha value is -4.70. The lowest BCUT2D eigenvalue weighted by Crippen LogP contribution is -2.51. The van der Waals surface area contributed by atoms with Crippen LogP contribution < -0.4 is 10.6 Å². The van der Waals surface area contributed by atoms with Gasteiger partial charge in [0.05, 0.1) is 11.5 Å². The van der Waals surface area contributed by atoms with E-state index in [2.05, 4.69) is 10.6 Å². The highest BCUT2D eigenvalue weighted by atomic mass is 32.2. The number of alkyl halides is 4. The molecule has 8 rings (SSSR count). The zero-order chi connectivity index (χ0) is 57.0. The minimum absolute atomic E-state index is 0.0115. The van der Waals surface area contributed by atoms with Crippen molar-refractivity contribution in [2.24, 2.45) is 33.7 Å². The van der Waals surface area contributed by atoms with Gasteiger partial charge in [0.25, 0.3) is 18.2 Å². The van der Waals surface area contributed by atoms with Crippen molar-refractivity contribution < 1.29 is 58.7 Å². The van der Waals surface area contributed by atoms with E-state index in [1.807, 2.05) is 50.2 Å². The van der Waals surface area contributed by atoms with Gasteiger partial charge in [-0.3, -0.25) is 29.2 Å². The molecule has 2 saturated heterocycles. The predicted octanol–water partition coefficient (Wildman–Crippen LogP) is 7.81. The minimum atomic E-state index is -3.50. The number of carbonyl (C=O) groups excluding carboxylic acids is 4. The van der Waals surface area contributed by atoms with Crippen LogP contribution in [-0.4, -0.2) is 134 Å². The Morgan fingerprint density at radius 2 is 1.06 bits per heavy atom. The first-order valence-electron chi connectivity index (χ1n) is 27.6. The van der Waals surface area contributed by atoms with Gasteiger partial charge >= 0.3 is 0 Å². The number of amidine groups is 2. The van der Waals surface area contributed by atoms with E-state index in [0.717, 1.165) is 97.9 Å². The number of aliphatic hydroxyl groups excluding tert-OH is 1. The molecular weight excluding hydrogens is 1050 g/mol. The van der Waals surface area contributed by atoms with Crippen LogP contribution in [0.15, 0.2) is 58.5 Å². The number of nitrogens with zero attached hydrogens (tertiary/aromatic N) is 4. The fourth-order valence-electron chi connectivity index (χ4n) is 11.9. The average molecular weight is 1130 g/mol. The topological polar surface area (TPSA) is 212 Å². The summed E-state index contributed by atoms with van der Waals surface area (Å²) in [7, 11) is -6.00. The van der Waals surface area contributed by atoms with Crippen molar-refractivity contribution in [2.75, 3.05) is 44.8 Å². The van der Waals surface area contributed by atoms with Crippen LogP contribution in [0, 0.1) is 37.5 Å². The Morgan fingerprint density at radius 1 is 0.667 bits per heavy atom. The standard InChI is InChI=1S/C28H39F2N3O4S.C28H37F2N3O4S.CH4O/c2*1-19-17-22(18-20(2)34)5-7-23(19)11-16-38(36,37)33-14-12-28(13-15-33)27(35)31-26(32-28)24-8-3-21(4-9-24)6-10-25(29)30;1-2/h5,7,17,21,24-25H,3-4,6,8-16,18H2,1-2H3,(H,31,32,35);5-7,10,17,21,24-25H,3-4,8-9,11-16,18H2,1-2H3,(H,31,32,35);2H,1H3/b;10-6+;. The number of Topliss-reactive ketones (excluding diaryl/α,β-unsaturated/α-hetero) is 2. The summed E-state index contributed by atoms with van der Waals surface area (Å²) >= 11 is 0. The van der Waals surface area contributed by atoms with Crippen LogP contribution in [0.5, 0.6) is 0 Å². The van der Waals surface area contributed by atoms with Gasteiger partial charge in [0.1, 0.15) is 34.3 Å². The number of nitrogens with one attached hydrogen (secondary N) is 2. The van der Waals surface area contributed by atoms with E-state index < -0.39 is 44.0 Å². The number of hydrogen-bond donors (Lipinski definition) is 3. The third kappa shape index (κ3) is 16.7. The molecule has 2 amide bonds. The van der Waals surface area contributed by atoms with Crippen LogP contribution >= 0.6 is 0 Å². The number of piperidine rings is 2. The minimum Gasteiger partial charge on any atom is -0.400 e. The van der Waals surface area contributed by atoms with E-state index in [9.17, 15) is 53.6 Å². The molecule has 21 heteroatoms. The van der Waals surface area contributed by atoms with E-state index in [4.69, 9.17) is 15.1 Å². The van der Waals surface area contributed by atoms with Crippen LogP contribution in [0.4, 0.5) is 17.6 Å². The SMILES string of the molecule is CC(=O)Cc1ccc(CCS(=O)(=O)N2CCC3(CC2)N=C(C2CCC(/C=C/C(F)F)CC2)NC3=O)c(C)c1.CC(=O)Cc1ccc(CCS(=O)(=O)N2CCC3(CC2)N=C(C2CCC(CCC(F)F)CC2)NC3=O)c(C)c1.CO. The number of aliphatic hydroxyl groups is 1. The summed E-state index contributed by atoms with van der Waals surface area (Å²) in [6.07, 6.45) is 7.75. The molecule has 2 aromatic carbocycles. The van der Waals surface area contributed by atoms with E-state index in [1.165, 1.54) is 8.61 Å². The molecule has 0 atom stereocenters. The predicted molar refractivity (Wildman–Crippen MR) is 294 cm³/mol. The molecule has 0 radical (unpaired) electrons. The summed E-state index contributed by atoms with van der Waals surface area (Å²) in [4.78, 5) is 58.2. The van der Waals surface area contributed by atoms with E-state index in [-0.39, 0.29) is 85.2 Å². The van der Waals surface area contributed by atoms with Gasteiger partial charge in [0.15, 0.2) is 0 Å². The van der Waals surface area contributed by atoms with Crippen molar-refractivity contribution in [3.8, 4) is 0 Å². The summed E-state index contributed by atoms with van der Waals surface area (Å²) in [6.45, 7) is 7.95. The maximum atomic E-state index is 13.1. The molecule has 2 aliphatic carbocycles. The Balaban J connectivity index is 0.000000245. The highest BCUT2D eigenvalue weighted by Gasteiger charge is 2.50. The van der Waals surface area contributed by atoms with Crippen molar-refractivity contribution in [3.05, 3.63) is 81.9 Å². The van der Waals surface area contributed by atoms with Crippen molar-refractivity contribution in [1.29, 1.82) is 0 Å². The molecule has 3 N–H and O–H groups in total. The van der Waals surface area contributed by atoms with Crippen molar-refractivity contribution >= 4 is 55.1 Å². The van der Waals surface area contributed by atoms with Gasteiger partial charge < -0.3 is 15.7 Å². The number of rotatable bonds is 19. The van der Waals surface area contributed by atoms with Crippen molar-refractivity contribution in [1.82, 2.24) is 19.2 Å². The lowest BCUT2D eigenvalue weighted by molar-refractivity contribution is -0.125. The largest absolute Gasteiger partial charge is 0.400 e. The molecule has 6 aliphatic rings. The monoisotopic (exact) mass is 1130 g/mol. The number of aliphatic imine (C=N–C) groups is 2. The maximum absolute atomic E-state index is 13.1. The number of carbonyl (C=O) groups is 4. The molecule has 78 heavy (non-hydrogen) atoms. The lowest BCUT2D eigenvalue weighted by Gasteiger charge is -2.34. The first-order chi connectivity index (χ1) is 36.9. The van der Waals surface area contributed by atoms with Crippen LogP contribution in [0.25, 0.3) is 0 Å². The van der Waals surface area contributed by atoms with E-state index >= 15 is 0 Å². The van der Waals surface area contributed by atoms with Crippen LogP contribution in [0.1, 0.15) is 137 Å². The maximum Gasteiger partial charge on any atom is 0.257 e. The summed E-state index contributed by atoms with van der Waals surface area (Å²) in [5.41, 5.74) is 3.87. The molecule has 0 aromatic heterocycles. The molecule has 2 spiro atoms. The van der Waals surface area contributed by atoms with Gasteiger partial charge in [-0.25, -0.2) is 43.0 Å². The summed E-state index contributed by atoms with van der Waals surface area (Å²) < 4.78 is 105. The Kier molecular flexibility index (Phi) is 22.2. The van der Waals surface area contributed by atoms with Gasteiger partial charge in [0, 0.05) is 64.4 Å². The smallest absolute Gasteiger partial charge is 0.257 e. The van der Waals surface area contributed by atoms with Crippen molar-refractivity contribution in [3.63, 3.8) is 0 Å². The van der Waals surface area contributed by atoms with Gasteiger partial charge in [-0.05, 0) is 175 Å². The highest BCUT2D eigenvalue weighted by Crippen LogP contribution is 2.39. The number of allylic oxidation sites excluding steroid dienone is 2. The third-order valence-corrected chi connectivity index (χ3v) is 20.3. The van der Waals surface area contributed by atoms with Crippen LogP contribution in [0.3, 0.4) is 0 Å². The van der Waals surface area contributed by atoms with Crippen LogP contribution in [-0.2, 0) is 64.9 Å². The van der Waals surface area contributed by atoms with Gasteiger partial charge in [-0.1, -0.05) is 42.5 Å². The van der Waals surface area contributed by atoms with Gasteiger partial charge in [-0.2, -0.15) is 0 Å². The molecule has 432 valence electrons. The molecule has 15 nitrogen and oxygen atoms in total. The average Bonchev–Trinajstić information content (AvgIpc) is 3.91. The highest BCUT2D eigenvalue weighted by molar-refractivity contribution is 7.89. The van der Waals surface area contributed by atoms with E-state index in [0.29, 0.717) is 75.4 Å². The number of amides is 2. The molecular formula is C57H80F4N6O9S2. The molecule has 0 unspecified atom stereocenters. The molecule has 0 bridgehead atoms. The summed E-state index contributed by atoms with van der Waals surface area (Å²) in [6, 6.07) is 11.4. The number of aryl methyl sites for hydroxylation is 4. The number of benzene rings is 2. The third-order valence-electron chi connectivity index (χ3n) is 16.6. The quantitative estimate of drug-likeness (QED) is 0.0924. The molecule has 2 saturated carbocycles. The normalized spacial score (nSPS) is 23.6. The Labute approximate surface area is 458 Å². The second-order valence-corrected chi connectivity index (χ2v) is 26.4. The molecule has 4 fully saturated rings. The second kappa shape index (κ2) is 27.6. The number of hydrogen-bond acceptors (Lipinski definition) is 11. The van der Waals surface area contributed by atoms with Crippen molar-refractivity contribution in [2.45, 2.75) is 167 Å².